The van der Waals surface area contributed by atoms with E-state index in [9.17, 15) is 67.6 Å². The van der Waals surface area contributed by atoms with Crippen LogP contribution in [0.3, 0.4) is 0 Å². The highest BCUT2D eigenvalue weighted by Crippen LogP contribution is 2.55. The third-order valence-electron chi connectivity index (χ3n) is 6.52. The number of non-ortho nitro benzene ring substituents is 1. The minimum Gasteiger partial charge on any atom is -0.465 e. The Balaban J connectivity index is 2.42. The molecular weight excluding hydrogens is 661 g/mol. The SMILES string of the molecule is CCOC(=O)C1C(C)=NC(C)=C(C(=O)OCCN(C)S(=O)(=O)C(F)(F)C(F)(F)C(F)(F)C(F)(F)F)C1c1cccc([N+](=O)[O-])c1. The molecule has 252 valence electrons. The van der Waals surface area contributed by atoms with E-state index in [1.54, 1.807) is 0 Å². The summed E-state index contributed by atoms with van der Waals surface area (Å²) in [7, 11) is -6.83. The standard InChI is InChI=1S/C24H24F9N3O8S/c1-5-43-19(37)16-12(2)34-13(3)17(18(16)14-7-6-8-15(11-14)36(39)40)20(38)44-10-9-35(4)45(41,42)24(32,33)22(27,28)21(25,26)23(29,30)31/h6-8,11,16,18H,5,9-10H2,1-4H3. The van der Waals surface area contributed by atoms with Gasteiger partial charge < -0.3 is 9.47 Å². The first-order chi connectivity index (χ1) is 20.4. The van der Waals surface area contributed by atoms with E-state index in [0.717, 1.165) is 12.1 Å². The first kappa shape index (κ1) is 37.4. The number of alkyl halides is 9. The van der Waals surface area contributed by atoms with E-state index in [1.165, 1.54) is 32.9 Å². The lowest BCUT2D eigenvalue weighted by atomic mass is 9.75. The number of nitro groups is 1. The number of likely N-dealkylation sites (N-methyl/N-ethyl adjacent to an activating group) is 1. The number of rotatable bonds is 12. The summed E-state index contributed by atoms with van der Waals surface area (Å²) in [4.78, 5) is 40.7. The van der Waals surface area contributed by atoms with Gasteiger partial charge in [0.2, 0.25) is 0 Å². The van der Waals surface area contributed by atoms with Crippen molar-refractivity contribution in [2.24, 2.45) is 10.9 Å². The van der Waals surface area contributed by atoms with Crippen molar-refractivity contribution < 1.29 is 71.9 Å². The number of carbonyl (C=O) groups excluding carboxylic acids is 2. The Bertz CT molecular complexity index is 1510. The van der Waals surface area contributed by atoms with Gasteiger partial charge in [-0.3, -0.25) is 19.9 Å². The van der Waals surface area contributed by atoms with Gasteiger partial charge in [0.1, 0.15) is 12.5 Å². The van der Waals surface area contributed by atoms with Gasteiger partial charge in [-0.15, -0.1) is 0 Å². The number of ether oxygens (including phenoxy) is 2. The third-order valence-corrected chi connectivity index (χ3v) is 8.43. The molecule has 1 aromatic rings. The van der Waals surface area contributed by atoms with Gasteiger partial charge in [0.15, 0.2) is 0 Å². The molecule has 0 bridgehead atoms. The highest BCUT2D eigenvalue weighted by molar-refractivity contribution is 7.90. The average Bonchev–Trinajstić information content (AvgIpc) is 2.91. The van der Waals surface area contributed by atoms with Gasteiger partial charge in [0.05, 0.1) is 17.1 Å². The molecule has 0 N–H and O–H groups in total. The van der Waals surface area contributed by atoms with Crippen LogP contribution in [0.1, 0.15) is 32.3 Å². The van der Waals surface area contributed by atoms with Crippen LogP contribution in [0.5, 0.6) is 0 Å². The highest BCUT2D eigenvalue weighted by atomic mass is 32.2. The number of halogens is 9. The van der Waals surface area contributed by atoms with Crippen molar-refractivity contribution in [2.75, 3.05) is 26.8 Å². The molecule has 2 unspecified atom stereocenters. The molecule has 0 saturated heterocycles. The van der Waals surface area contributed by atoms with Crippen molar-refractivity contribution in [2.45, 2.75) is 50.0 Å². The maximum atomic E-state index is 14.1. The first-order valence-electron chi connectivity index (χ1n) is 12.4. The molecule has 0 spiro atoms. The van der Waals surface area contributed by atoms with E-state index in [4.69, 9.17) is 9.47 Å². The number of hydrogen-bond acceptors (Lipinski definition) is 9. The van der Waals surface area contributed by atoms with Gasteiger partial charge in [-0.05, 0) is 26.3 Å². The van der Waals surface area contributed by atoms with Crippen LogP contribution >= 0.6 is 0 Å². The normalized spacial score (nSPS) is 18.5. The second-order valence-corrected chi connectivity index (χ2v) is 11.5. The smallest absolute Gasteiger partial charge is 0.460 e. The quantitative estimate of drug-likeness (QED) is 0.132. The van der Waals surface area contributed by atoms with Crippen molar-refractivity contribution in [1.29, 1.82) is 0 Å². The maximum absolute atomic E-state index is 14.1. The molecule has 0 aliphatic carbocycles. The monoisotopic (exact) mass is 685 g/mol. The van der Waals surface area contributed by atoms with Gasteiger partial charge in [0, 0.05) is 43.1 Å². The number of hydrogen-bond donors (Lipinski definition) is 0. The van der Waals surface area contributed by atoms with Crippen LogP contribution in [0.15, 0.2) is 40.5 Å². The minimum absolute atomic E-state index is 0.00923. The fourth-order valence-electron chi connectivity index (χ4n) is 4.21. The Morgan fingerprint density at radius 1 is 1.02 bits per heavy atom. The number of carbonyl (C=O) groups is 2. The topological polar surface area (TPSA) is 145 Å². The molecule has 0 fully saturated rings. The average molecular weight is 686 g/mol. The molecule has 1 aromatic carbocycles. The predicted octanol–water partition coefficient (Wildman–Crippen LogP) is 4.84. The number of esters is 2. The maximum Gasteiger partial charge on any atom is 0.460 e. The van der Waals surface area contributed by atoms with Crippen LogP contribution in [0.25, 0.3) is 0 Å². The van der Waals surface area contributed by atoms with E-state index in [2.05, 4.69) is 4.99 Å². The molecule has 45 heavy (non-hydrogen) atoms. The van der Waals surface area contributed by atoms with Crippen molar-refractivity contribution in [3.05, 3.63) is 51.2 Å². The van der Waals surface area contributed by atoms with E-state index in [-0.39, 0.29) is 30.6 Å². The largest absolute Gasteiger partial charge is 0.465 e. The number of nitrogens with zero attached hydrogens (tertiary/aromatic N) is 3. The number of benzene rings is 1. The molecule has 0 radical (unpaired) electrons. The molecule has 0 aromatic heterocycles. The van der Waals surface area contributed by atoms with Crippen molar-refractivity contribution in [3.8, 4) is 0 Å². The fourth-order valence-corrected chi connectivity index (χ4v) is 5.37. The van der Waals surface area contributed by atoms with Crippen LogP contribution in [-0.4, -0.2) is 85.4 Å². The minimum atomic E-state index is -7.47. The summed E-state index contributed by atoms with van der Waals surface area (Å²) in [5.74, 6) is -20.0. The zero-order valence-electron chi connectivity index (χ0n) is 23.5. The molecule has 1 aliphatic rings. The Hall–Kier alpha value is -3.75. The lowest BCUT2D eigenvalue weighted by Crippen LogP contribution is -2.65. The molecular formula is C24H24F9N3O8S. The molecule has 1 heterocycles. The lowest BCUT2D eigenvalue weighted by Gasteiger charge is -2.34. The van der Waals surface area contributed by atoms with Gasteiger partial charge >= 0.3 is 35.2 Å². The van der Waals surface area contributed by atoms with E-state index in [0.29, 0.717) is 0 Å². The molecule has 2 atom stereocenters. The van der Waals surface area contributed by atoms with E-state index >= 15 is 0 Å². The summed E-state index contributed by atoms with van der Waals surface area (Å²) < 4.78 is 153. The number of aliphatic imine (C=N–C) groups is 1. The Morgan fingerprint density at radius 2 is 1.60 bits per heavy atom. The van der Waals surface area contributed by atoms with E-state index < -0.39 is 90.7 Å². The van der Waals surface area contributed by atoms with Gasteiger partial charge in [-0.1, -0.05) is 12.1 Å². The zero-order valence-corrected chi connectivity index (χ0v) is 24.3. The summed E-state index contributed by atoms with van der Waals surface area (Å²) in [6, 6.07) is 4.66. The lowest BCUT2D eigenvalue weighted by molar-refractivity contribution is -0.384. The van der Waals surface area contributed by atoms with Gasteiger partial charge in [-0.25, -0.2) is 13.2 Å². The molecule has 0 saturated carbocycles. The van der Waals surface area contributed by atoms with Crippen LogP contribution in [0.4, 0.5) is 45.2 Å². The Morgan fingerprint density at radius 3 is 2.11 bits per heavy atom. The molecule has 2 rings (SSSR count). The summed E-state index contributed by atoms with van der Waals surface area (Å²) in [6.07, 6.45) is -7.26. The second-order valence-electron chi connectivity index (χ2n) is 9.44. The molecule has 1 aliphatic heterocycles. The third kappa shape index (κ3) is 6.77. The summed E-state index contributed by atoms with van der Waals surface area (Å²) >= 11 is 0. The zero-order chi connectivity index (χ0) is 34.9. The van der Waals surface area contributed by atoms with Crippen LogP contribution in [-0.2, 0) is 29.1 Å². The van der Waals surface area contributed by atoms with Gasteiger partial charge in [-0.2, -0.15) is 43.8 Å². The van der Waals surface area contributed by atoms with Crippen molar-refractivity contribution in [3.63, 3.8) is 0 Å². The molecule has 0 amide bonds. The Labute approximate surface area is 248 Å². The number of allylic oxidation sites excluding steroid dienone is 1. The Kier molecular flexibility index (Phi) is 10.8. The molecule has 11 nitrogen and oxygen atoms in total. The summed E-state index contributed by atoms with van der Waals surface area (Å²) in [5, 5.41) is 4.36. The van der Waals surface area contributed by atoms with Crippen molar-refractivity contribution in [1.82, 2.24) is 4.31 Å². The molecule has 21 heteroatoms. The van der Waals surface area contributed by atoms with E-state index in [1.807, 2.05) is 0 Å². The van der Waals surface area contributed by atoms with Crippen LogP contribution in [0.2, 0.25) is 0 Å². The predicted molar refractivity (Wildman–Crippen MR) is 135 cm³/mol. The highest BCUT2D eigenvalue weighted by Gasteiger charge is 2.85. The number of sulfonamides is 1. The summed E-state index contributed by atoms with van der Waals surface area (Å²) in [5.41, 5.74) is -0.901. The van der Waals surface area contributed by atoms with Crippen LogP contribution < -0.4 is 0 Å². The van der Waals surface area contributed by atoms with Gasteiger partial charge in [0.25, 0.3) is 15.7 Å². The summed E-state index contributed by atoms with van der Waals surface area (Å²) in [6.45, 7) is 1.26. The second kappa shape index (κ2) is 12.9. The first-order valence-corrected chi connectivity index (χ1v) is 13.8. The van der Waals surface area contributed by atoms with Crippen molar-refractivity contribution >= 4 is 33.4 Å². The van der Waals surface area contributed by atoms with Crippen LogP contribution in [0, 0.1) is 16.0 Å². The fraction of sp³-hybridized carbons (Fsp3) is 0.542. The number of nitro benzene ring substituents is 1.